The van der Waals surface area contributed by atoms with Gasteiger partial charge in [0.1, 0.15) is 15.7 Å². The molecule has 5 rings (SSSR count). The molecule has 1 N–H and O–H groups in total. The maximum atomic E-state index is 15.2. The Morgan fingerprint density at radius 2 is 1.85 bits per heavy atom. The highest BCUT2D eigenvalue weighted by molar-refractivity contribution is 7.92. The molecule has 2 saturated heterocycles. The van der Waals surface area contributed by atoms with E-state index >= 15 is 4.39 Å². The van der Waals surface area contributed by atoms with Crippen molar-refractivity contribution in [2.45, 2.75) is 49.5 Å². The van der Waals surface area contributed by atoms with Crippen LogP contribution in [0.4, 0.5) is 20.3 Å². The van der Waals surface area contributed by atoms with Gasteiger partial charge in [0.15, 0.2) is 5.82 Å². The summed E-state index contributed by atoms with van der Waals surface area (Å²) in [6.45, 7) is 3.87. The number of hydrogen-bond acceptors (Lipinski definition) is 5. The summed E-state index contributed by atoms with van der Waals surface area (Å²) in [5.41, 5.74) is 0.695. The Labute approximate surface area is 198 Å². The highest BCUT2D eigenvalue weighted by atomic mass is 35.5. The van der Waals surface area contributed by atoms with Crippen LogP contribution in [0.1, 0.15) is 38.5 Å². The number of anilines is 2. The molecular formula is C23H27ClF2N4O2S. The number of nitrogens with zero attached hydrogens (tertiary/aromatic N) is 3. The number of halogens is 3. The zero-order valence-electron chi connectivity index (χ0n) is 18.2. The number of pyridine rings is 1. The molecule has 0 radical (unpaired) electrons. The first kappa shape index (κ1) is 22.8. The van der Waals surface area contributed by atoms with Crippen molar-refractivity contribution in [1.82, 2.24) is 9.88 Å². The van der Waals surface area contributed by atoms with Gasteiger partial charge in [-0.25, -0.2) is 17.8 Å². The molecule has 1 aromatic carbocycles. The van der Waals surface area contributed by atoms with E-state index in [2.05, 4.69) is 19.5 Å². The Hall–Kier alpha value is -1.97. The fourth-order valence-corrected chi connectivity index (χ4v) is 7.38. The maximum Gasteiger partial charge on any atom is 0.266 e. The first-order valence-electron chi connectivity index (χ1n) is 11.4. The predicted molar refractivity (Wildman–Crippen MR) is 124 cm³/mol. The predicted octanol–water partition coefficient (Wildman–Crippen LogP) is 4.66. The van der Waals surface area contributed by atoms with Gasteiger partial charge in [-0.3, -0.25) is 9.62 Å². The molecule has 2 atom stereocenters. The first-order chi connectivity index (χ1) is 15.8. The molecule has 3 aliphatic rings. The second kappa shape index (κ2) is 8.67. The summed E-state index contributed by atoms with van der Waals surface area (Å²) >= 11 is 6.38. The van der Waals surface area contributed by atoms with Crippen LogP contribution in [0, 0.1) is 17.2 Å². The molecule has 3 heterocycles. The van der Waals surface area contributed by atoms with Gasteiger partial charge in [0.05, 0.1) is 5.69 Å². The average Bonchev–Trinajstić information content (AvgIpc) is 3.52. The van der Waals surface area contributed by atoms with Crippen LogP contribution in [0.25, 0.3) is 0 Å². The van der Waals surface area contributed by atoms with Crippen LogP contribution in [-0.4, -0.2) is 50.5 Å². The number of benzene rings is 1. The fourth-order valence-electron chi connectivity index (χ4n) is 5.95. The summed E-state index contributed by atoms with van der Waals surface area (Å²) in [6, 6.07) is 7.03. The van der Waals surface area contributed by atoms with Crippen LogP contribution in [0.2, 0.25) is 5.02 Å². The van der Waals surface area contributed by atoms with Crippen molar-refractivity contribution < 1.29 is 17.2 Å². The second-order valence-electron chi connectivity index (χ2n) is 9.35. The molecule has 2 aliphatic heterocycles. The van der Waals surface area contributed by atoms with Gasteiger partial charge in [-0.1, -0.05) is 24.1 Å². The van der Waals surface area contributed by atoms with Crippen molar-refractivity contribution in [2.24, 2.45) is 5.41 Å². The van der Waals surface area contributed by atoms with Crippen molar-refractivity contribution in [3.63, 3.8) is 0 Å². The van der Waals surface area contributed by atoms with E-state index in [0.717, 1.165) is 45.1 Å². The minimum absolute atomic E-state index is 0.180. The van der Waals surface area contributed by atoms with Crippen molar-refractivity contribution >= 4 is 33.1 Å². The van der Waals surface area contributed by atoms with Crippen LogP contribution in [-0.2, 0) is 10.0 Å². The number of rotatable bonds is 5. The summed E-state index contributed by atoms with van der Waals surface area (Å²) in [7, 11) is -4.33. The SMILES string of the molecule is O=S(=O)(Nc1cccc(F)n1)c1ccc(N2CC[C@@]3(CCC[C@H]3N3CCCC3)C2)c(Cl)c1F. The molecule has 6 nitrogen and oxygen atoms in total. The number of likely N-dealkylation sites (tertiary alicyclic amines) is 1. The topological polar surface area (TPSA) is 65.5 Å². The Morgan fingerprint density at radius 3 is 2.61 bits per heavy atom. The fraction of sp³-hybridized carbons (Fsp3) is 0.522. The van der Waals surface area contributed by atoms with Gasteiger partial charge >= 0.3 is 0 Å². The normalized spacial score (nSPS) is 25.9. The van der Waals surface area contributed by atoms with E-state index in [9.17, 15) is 12.8 Å². The Bertz CT molecular complexity index is 1160. The lowest BCUT2D eigenvalue weighted by molar-refractivity contribution is 0.126. The van der Waals surface area contributed by atoms with E-state index in [-0.39, 0.29) is 16.3 Å². The molecule has 0 bridgehead atoms. The van der Waals surface area contributed by atoms with Gasteiger partial charge in [-0.2, -0.15) is 4.39 Å². The van der Waals surface area contributed by atoms with Crippen molar-refractivity contribution in [2.75, 3.05) is 35.8 Å². The third-order valence-corrected chi connectivity index (χ3v) is 9.17. The third-order valence-electron chi connectivity index (χ3n) is 7.44. The van der Waals surface area contributed by atoms with Gasteiger partial charge in [0.2, 0.25) is 5.95 Å². The molecule has 178 valence electrons. The molecule has 1 aromatic heterocycles. The molecular weight excluding hydrogens is 470 g/mol. The lowest BCUT2D eigenvalue weighted by Crippen LogP contribution is -2.44. The number of aromatic nitrogens is 1. The van der Waals surface area contributed by atoms with Crippen LogP contribution >= 0.6 is 11.6 Å². The highest BCUT2D eigenvalue weighted by Gasteiger charge is 2.50. The molecule has 1 saturated carbocycles. The van der Waals surface area contributed by atoms with Gasteiger partial charge in [-0.15, -0.1) is 0 Å². The zero-order valence-corrected chi connectivity index (χ0v) is 19.8. The Balaban J connectivity index is 1.38. The van der Waals surface area contributed by atoms with Gasteiger partial charge in [0.25, 0.3) is 10.0 Å². The smallest absolute Gasteiger partial charge is 0.266 e. The third kappa shape index (κ3) is 4.19. The second-order valence-corrected chi connectivity index (χ2v) is 11.4. The summed E-state index contributed by atoms with van der Waals surface area (Å²) in [4.78, 5) is 7.60. The zero-order chi connectivity index (χ0) is 23.2. The van der Waals surface area contributed by atoms with Crippen LogP contribution < -0.4 is 9.62 Å². The van der Waals surface area contributed by atoms with E-state index in [1.165, 1.54) is 43.9 Å². The minimum Gasteiger partial charge on any atom is -0.370 e. The van der Waals surface area contributed by atoms with Crippen LogP contribution in [0.3, 0.4) is 0 Å². The first-order valence-corrected chi connectivity index (χ1v) is 13.3. The van der Waals surface area contributed by atoms with Crippen molar-refractivity contribution in [3.8, 4) is 0 Å². The molecule has 1 spiro atoms. The van der Waals surface area contributed by atoms with Crippen LogP contribution in [0.15, 0.2) is 35.2 Å². The lowest BCUT2D eigenvalue weighted by atomic mass is 9.81. The quantitative estimate of drug-likeness (QED) is 0.610. The maximum absolute atomic E-state index is 15.2. The monoisotopic (exact) mass is 496 g/mol. The molecule has 2 aromatic rings. The van der Waals surface area contributed by atoms with Crippen molar-refractivity contribution in [3.05, 3.63) is 47.1 Å². The lowest BCUT2D eigenvalue weighted by Gasteiger charge is -2.38. The van der Waals surface area contributed by atoms with Gasteiger partial charge in [-0.05, 0) is 69.5 Å². The van der Waals surface area contributed by atoms with Crippen molar-refractivity contribution in [1.29, 1.82) is 0 Å². The van der Waals surface area contributed by atoms with Crippen LogP contribution in [0.5, 0.6) is 0 Å². The van der Waals surface area contributed by atoms with E-state index in [4.69, 9.17) is 11.6 Å². The largest absolute Gasteiger partial charge is 0.370 e. The summed E-state index contributed by atoms with van der Waals surface area (Å²) in [5.74, 6) is -2.09. The summed E-state index contributed by atoms with van der Waals surface area (Å²) in [6.07, 6.45) is 7.09. The highest BCUT2D eigenvalue weighted by Crippen LogP contribution is 2.50. The number of hydrogen-bond donors (Lipinski definition) is 1. The van der Waals surface area contributed by atoms with E-state index in [0.29, 0.717) is 11.7 Å². The average molecular weight is 497 g/mol. The molecule has 0 unspecified atom stereocenters. The Kier molecular flexibility index (Phi) is 5.99. The molecule has 1 aliphatic carbocycles. The van der Waals surface area contributed by atoms with Gasteiger partial charge in [0, 0.05) is 24.5 Å². The number of nitrogens with one attached hydrogen (secondary N) is 1. The minimum atomic E-state index is -4.33. The standard InChI is InChI=1S/C23H27ClF2N4O2S/c24-21-16(30-14-11-23(15-30)10-4-5-18(23)29-12-1-2-13-29)8-9-17(22(21)26)33(31,32)28-20-7-3-6-19(25)27-20/h3,6-9,18H,1-2,4-5,10-15H2,(H,27,28)/t18-,23+/m1/s1. The molecule has 33 heavy (non-hydrogen) atoms. The van der Waals surface area contributed by atoms with E-state index < -0.39 is 26.7 Å². The molecule has 0 amide bonds. The van der Waals surface area contributed by atoms with Gasteiger partial charge < -0.3 is 4.90 Å². The molecule has 3 fully saturated rings. The molecule has 10 heteroatoms. The summed E-state index contributed by atoms with van der Waals surface area (Å²) in [5, 5.41) is -0.210. The Morgan fingerprint density at radius 1 is 1.06 bits per heavy atom. The van der Waals surface area contributed by atoms with E-state index in [1.54, 1.807) is 6.07 Å². The summed E-state index contributed by atoms with van der Waals surface area (Å²) < 4.78 is 56.1. The van der Waals surface area contributed by atoms with E-state index in [1.807, 2.05) is 0 Å². The number of sulfonamides is 1.